The van der Waals surface area contributed by atoms with Crippen LogP contribution in [-0.2, 0) is 7.05 Å². The molecule has 0 spiro atoms. The summed E-state index contributed by atoms with van der Waals surface area (Å²) in [6, 6.07) is 7.82. The van der Waals surface area contributed by atoms with Gasteiger partial charge in [0.1, 0.15) is 11.5 Å². The molecular formula is C22H26FN7S. The highest BCUT2D eigenvalue weighted by atomic mass is 32.2. The van der Waals surface area contributed by atoms with Gasteiger partial charge in [-0.1, -0.05) is 23.9 Å². The molecule has 2 aromatic heterocycles. The highest BCUT2D eigenvalue weighted by Gasteiger charge is 2.40. The van der Waals surface area contributed by atoms with Crippen molar-refractivity contribution in [1.82, 2.24) is 34.9 Å². The van der Waals surface area contributed by atoms with Gasteiger partial charge in [0.25, 0.3) is 0 Å². The van der Waals surface area contributed by atoms with Crippen LogP contribution in [0.4, 0.5) is 4.39 Å². The number of hydrogen-bond donors (Lipinski definition) is 1. The van der Waals surface area contributed by atoms with Crippen molar-refractivity contribution >= 4 is 11.8 Å². The van der Waals surface area contributed by atoms with Gasteiger partial charge < -0.3 is 14.8 Å². The molecule has 5 rings (SSSR count). The van der Waals surface area contributed by atoms with E-state index in [1.165, 1.54) is 5.56 Å². The first kappa shape index (κ1) is 20.5. The largest absolute Gasteiger partial charge is 0.306 e. The standard InChI is InChI=1S/C22H26FN7S/c1-29-21(19-12-24-7-8-25-19)27-28-22(29)31-10-2-9-30-13-16-11-18(26-20(16)14-30)15-3-5-17(23)6-4-15/h3-8,12,16,18,20,26H,2,9-11,13-14H2,1H3. The van der Waals surface area contributed by atoms with Gasteiger partial charge in [0.15, 0.2) is 11.0 Å². The second-order valence-electron chi connectivity index (χ2n) is 8.29. The zero-order chi connectivity index (χ0) is 21.2. The van der Waals surface area contributed by atoms with Crippen LogP contribution in [0.25, 0.3) is 11.5 Å². The summed E-state index contributed by atoms with van der Waals surface area (Å²) in [6.07, 6.45) is 7.27. The number of benzene rings is 1. The third kappa shape index (κ3) is 4.49. The van der Waals surface area contributed by atoms with Gasteiger partial charge in [-0.3, -0.25) is 4.98 Å². The van der Waals surface area contributed by atoms with E-state index in [1.807, 2.05) is 23.7 Å². The summed E-state index contributed by atoms with van der Waals surface area (Å²) in [5, 5.41) is 13.2. The number of rotatable bonds is 7. The third-order valence-electron chi connectivity index (χ3n) is 6.22. The average molecular weight is 440 g/mol. The minimum absolute atomic E-state index is 0.169. The minimum Gasteiger partial charge on any atom is -0.306 e. The lowest BCUT2D eigenvalue weighted by molar-refractivity contribution is 0.307. The second kappa shape index (κ2) is 9.02. The van der Waals surface area contributed by atoms with Gasteiger partial charge in [-0.2, -0.15) is 0 Å². The molecule has 0 aliphatic carbocycles. The summed E-state index contributed by atoms with van der Waals surface area (Å²) in [4.78, 5) is 11.0. The number of aromatic nitrogens is 5. The maximum atomic E-state index is 13.2. The molecule has 0 bridgehead atoms. The van der Waals surface area contributed by atoms with E-state index in [4.69, 9.17) is 0 Å². The fourth-order valence-corrected chi connectivity index (χ4v) is 5.49. The Bertz CT molecular complexity index is 996. The van der Waals surface area contributed by atoms with Crippen LogP contribution >= 0.6 is 11.8 Å². The smallest absolute Gasteiger partial charge is 0.191 e. The van der Waals surface area contributed by atoms with Gasteiger partial charge in [0.05, 0.1) is 6.20 Å². The van der Waals surface area contributed by atoms with Crippen LogP contribution in [0.5, 0.6) is 0 Å². The molecule has 1 N–H and O–H groups in total. The van der Waals surface area contributed by atoms with E-state index in [-0.39, 0.29) is 5.82 Å². The molecule has 2 saturated heterocycles. The summed E-state index contributed by atoms with van der Waals surface area (Å²) < 4.78 is 15.2. The zero-order valence-corrected chi connectivity index (χ0v) is 18.3. The van der Waals surface area contributed by atoms with Crippen LogP contribution in [-0.4, -0.2) is 61.1 Å². The Morgan fingerprint density at radius 1 is 1.16 bits per heavy atom. The number of likely N-dealkylation sites (tertiary alicyclic amines) is 1. The monoisotopic (exact) mass is 439 g/mol. The second-order valence-corrected chi connectivity index (χ2v) is 9.35. The van der Waals surface area contributed by atoms with Crippen LogP contribution in [0.1, 0.15) is 24.4 Å². The molecular weight excluding hydrogens is 413 g/mol. The Kier molecular flexibility index (Phi) is 5.97. The number of thioether (sulfide) groups is 1. The predicted octanol–water partition coefficient (Wildman–Crippen LogP) is 2.93. The lowest BCUT2D eigenvalue weighted by atomic mass is 9.99. The van der Waals surface area contributed by atoms with E-state index in [2.05, 4.69) is 30.4 Å². The maximum absolute atomic E-state index is 13.2. The van der Waals surface area contributed by atoms with E-state index in [9.17, 15) is 4.39 Å². The Balaban J connectivity index is 1.06. The number of fused-ring (bicyclic) bond motifs is 1. The van der Waals surface area contributed by atoms with E-state index < -0.39 is 0 Å². The van der Waals surface area contributed by atoms with Gasteiger partial charge >= 0.3 is 0 Å². The molecule has 2 aliphatic rings. The van der Waals surface area contributed by atoms with Crippen molar-refractivity contribution in [1.29, 1.82) is 0 Å². The summed E-state index contributed by atoms with van der Waals surface area (Å²) in [6.45, 7) is 3.33. The van der Waals surface area contributed by atoms with Crippen molar-refractivity contribution in [2.45, 2.75) is 30.1 Å². The van der Waals surface area contributed by atoms with Crippen LogP contribution < -0.4 is 5.32 Å². The first-order chi connectivity index (χ1) is 15.2. The topological polar surface area (TPSA) is 71.8 Å². The lowest BCUT2D eigenvalue weighted by Gasteiger charge is -2.19. The molecule has 0 amide bonds. The number of nitrogens with one attached hydrogen (secondary N) is 1. The van der Waals surface area contributed by atoms with Crippen molar-refractivity contribution in [3.63, 3.8) is 0 Å². The molecule has 3 unspecified atom stereocenters. The van der Waals surface area contributed by atoms with Crippen LogP contribution in [0.2, 0.25) is 0 Å². The molecule has 0 radical (unpaired) electrons. The van der Waals surface area contributed by atoms with E-state index in [0.717, 1.165) is 54.9 Å². The van der Waals surface area contributed by atoms with Crippen molar-refractivity contribution in [2.24, 2.45) is 13.0 Å². The van der Waals surface area contributed by atoms with Gasteiger partial charge in [-0.05, 0) is 43.0 Å². The van der Waals surface area contributed by atoms with Crippen LogP contribution in [0.3, 0.4) is 0 Å². The minimum atomic E-state index is -0.169. The van der Waals surface area contributed by atoms with E-state index in [1.54, 1.807) is 42.5 Å². The Morgan fingerprint density at radius 3 is 2.81 bits per heavy atom. The summed E-state index contributed by atoms with van der Waals surface area (Å²) in [7, 11) is 1.97. The van der Waals surface area contributed by atoms with E-state index >= 15 is 0 Å². The Morgan fingerprint density at radius 2 is 2.03 bits per heavy atom. The summed E-state index contributed by atoms with van der Waals surface area (Å²) in [5.74, 6) is 2.25. The Labute approximate surface area is 185 Å². The fourth-order valence-electron chi connectivity index (χ4n) is 4.66. The normalized spacial score (nSPS) is 23.4. The molecule has 9 heteroatoms. The van der Waals surface area contributed by atoms with Crippen molar-refractivity contribution in [3.05, 3.63) is 54.2 Å². The molecule has 2 fully saturated rings. The highest BCUT2D eigenvalue weighted by Crippen LogP contribution is 2.35. The highest BCUT2D eigenvalue weighted by molar-refractivity contribution is 7.99. The molecule has 31 heavy (non-hydrogen) atoms. The molecule has 1 aromatic carbocycles. The molecule has 4 heterocycles. The van der Waals surface area contributed by atoms with E-state index in [0.29, 0.717) is 18.0 Å². The summed E-state index contributed by atoms with van der Waals surface area (Å²) >= 11 is 1.73. The first-order valence-electron chi connectivity index (χ1n) is 10.7. The number of nitrogens with zero attached hydrogens (tertiary/aromatic N) is 6. The molecule has 3 atom stereocenters. The molecule has 3 aromatic rings. The number of hydrogen-bond acceptors (Lipinski definition) is 7. The average Bonchev–Trinajstić information content (AvgIpc) is 3.46. The predicted molar refractivity (Wildman–Crippen MR) is 118 cm³/mol. The van der Waals surface area contributed by atoms with Crippen LogP contribution in [0.15, 0.2) is 48.0 Å². The molecule has 162 valence electrons. The molecule has 2 aliphatic heterocycles. The van der Waals surface area contributed by atoms with Crippen LogP contribution in [0, 0.1) is 11.7 Å². The lowest BCUT2D eigenvalue weighted by Crippen LogP contribution is -2.32. The van der Waals surface area contributed by atoms with Gasteiger partial charge in [0, 0.05) is 50.4 Å². The summed E-state index contributed by atoms with van der Waals surface area (Å²) in [5.41, 5.74) is 1.93. The maximum Gasteiger partial charge on any atom is 0.191 e. The molecule has 7 nitrogen and oxygen atoms in total. The van der Waals surface area contributed by atoms with Crippen molar-refractivity contribution < 1.29 is 4.39 Å². The third-order valence-corrected chi connectivity index (χ3v) is 7.33. The zero-order valence-electron chi connectivity index (χ0n) is 17.5. The van der Waals surface area contributed by atoms with Gasteiger partial charge in [0.2, 0.25) is 0 Å². The van der Waals surface area contributed by atoms with Crippen molar-refractivity contribution in [3.8, 4) is 11.5 Å². The Hall–Kier alpha value is -2.36. The SMILES string of the molecule is Cn1c(SCCCN2CC3CC(c4ccc(F)cc4)NC3C2)nnc1-c1cnccn1. The molecule has 0 saturated carbocycles. The van der Waals surface area contributed by atoms with Crippen molar-refractivity contribution in [2.75, 3.05) is 25.4 Å². The van der Waals surface area contributed by atoms with Gasteiger partial charge in [-0.15, -0.1) is 10.2 Å². The fraction of sp³-hybridized carbons (Fsp3) is 0.455. The quantitative estimate of drug-likeness (QED) is 0.448. The first-order valence-corrected chi connectivity index (χ1v) is 11.7. The number of halogens is 1. The van der Waals surface area contributed by atoms with Gasteiger partial charge in [-0.25, -0.2) is 9.37 Å².